The van der Waals surface area contributed by atoms with Crippen LogP contribution in [0.1, 0.15) is 32.0 Å². The van der Waals surface area contributed by atoms with Crippen LogP contribution in [0.4, 0.5) is 26.3 Å². The smallest absolute Gasteiger partial charge is 0.421 e. The Morgan fingerprint density at radius 3 is 1.74 bits per heavy atom. The Hall–Kier alpha value is -1.35. The van der Waals surface area contributed by atoms with E-state index in [1.54, 1.807) is 0 Å². The molecule has 0 aromatic carbocycles. The molecule has 1 aromatic heterocycles. The quantitative estimate of drug-likeness (QED) is 0.381. The van der Waals surface area contributed by atoms with Crippen LogP contribution < -0.4 is 4.57 Å². The lowest BCUT2D eigenvalue weighted by Crippen LogP contribution is -2.30. The third kappa shape index (κ3) is 7.65. The topological polar surface area (TPSA) is 91.2 Å². The molecule has 0 amide bonds. The number of hydrogen-bond acceptors (Lipinski definition) is 4. The van der Waals surface area contributed by atoms with Crippen molar-refractivity contribution in [2.75, 3.05) is 0 Å². The van der Waals surface area contributed by atoms with Gasteiger partial charge in [0, 0.05) is 6.92 Å². The van der Waals surface area contributed by atoms with Crippen LogP contribution >= 0.6 is 0 Å². The van der Waals surface area contributed by atoms with Crippen LogP contribution in [0.15, 0.2) is 12.4 Å². The minimum Gasteiger partial charge on any atom is -0.421 e. The highest BCUT2D eigenvalue weighted by Gasteiger charge is 2.46. The van der Waals surface area contributed by atoms with Gasteiger partial charge in [0.1, 0.15) is 12.4 Å². The Balaban J connectivity index is 0.000000511. The number of sulfonamides is 2. The van der Waals surface area contributed by atoms with Crippen LogP contribution in [0.2, 0.25) is 0 Å². The van der Waals surface area contributed by atoms with Crippen molar-refractivity contribution in [3.05, 3.63) is 22.3 Å². The summed E-state index contributed by atoms with van der Waals surface area (Å²) in [4.78, 5) is 0. The predicted octanol–water partition coefficient (Wildman–Crippen LogP) is 2.87. The molecule has 0 spiro atoms. The van der Waals surface area contributed by atoms with Crippen LogP contribution in [-0.2, 0) is 33.6 Å². The van der Waals surface area contributed by atoms with Crippen LogP contribution in [-0.4, -0.2) is 32.4 Å². The molecule has 0 aliphatic heterocycles. The summed E-state index contributed by atoms with van der Waals surface area (Å²) < 4.78 is 114. The zero-order valence-corrected chi connectivity index (χ0v) is 16.2. The number of aryl methyl sites for hydroxylation is 2. The van der Waals surface area contributed by atoms with Crippen LogP contribution in [0.5, 0.6) is 0 Å². The van der Waals surface area contributed by atoms with Crippen molar-refractivity contribution in [2.24, 2.45) is 7.05 Å². The van der Waals surface area contributed by atoms with Gasteiger partial charge in [0.25, 0.3) is 5.82 Å². The maximum Gasteiger partial charge on any atom is 0.480 e. The lowest BCUT2D eigenvalue weighted by molar-refractivity contribution is -0.677. The van der Waals surface area contributed by atoms with Crippen molar-refractivity contribution in [1.29, 1.82) is 0 Å². The highest BCUT2D eigenvalue weighted by molar-refractivity contribution is 8.13. The van der Waals surface area contributed by atoms with Gasteiger partial charge in [-0.05, 0) is 12.8 Å². The molecule has 0 aliphatic carbocycles. The first-order valence-electron chi connectivity index (χ1n) is 7.34. The molecule has 27 heavy (non-hydrogen) atoms. The predicted molar refractivity (Wildman–Crippen MR) is 83.2 cm³/mol. The van der Waals surface area contributed by atoms with Gasteiger partial charge in [-0.25, -0.2) is 26.0 Å². The first-order chi connectivity index (χ1) is 12.0. The fourth-order valence-electron chi connectivity index (χ4n) is 1.58. The Labute approximate surface area is 153 Å². The molecule has 1 rings (SSSR count). The second-order valence-electron chi connectivity index (χ2n) is 5.27. The maximum atomic E-state index is 11.4. The first-order valence-corrected chi connectivity index (χ1v) is 10.2. The second-order valence-corrected chi connectivity index (χ2v) is 8.70. The number of unbranched alkanes of at least 4 members (excludes halogenated alkanes) is 2. The van der Waals surface area contributed by atoms with Crippen molar-refractivity contribution in [3.8, 4) is 0 Å². The number of halogens is 6. The van der Waals surface area contributed by atoms with E-state index in [2.05, 4.69) is 42.4 Å². The van der Waals surface area contributed by atoms with Gasteiger partial charge in [0.15, 0.2) is 20.0 Å². The number of alkyl halides is 6. The van der Waals surface area contributed by atoms with Gasteiger partial charge in [0.2, 0.25) is 0 Å². The number of rotatable bonds is 6. The summed E-state index contributed by atoms with van der Waals surface area (Å²) in [6.07, 6.45) is 8.20. The van der Waals surface area contributed by atoms with Crippen molar-refractivity contribution in [1.82, 2.24) is 4.57 Å². The summed E-state index contributed by atoms with van der Waals surface area (Å²) in [5, 5.41) is 0. The molecule has 160 valence electrons. The van der Waals surface area contributed by atoms with E-state index >= 15 is 0 Å². The molecule has 1 heterocycles. The van der Waals surface area contributed by atoms with E-state index in [4.69, 9.17) is 0 Å². The van der Waals surface area contributed by atoms with Gasteiger partial charge < -0.3 is 4.13 Å². The Morgan fingerprint density at radius 2 is 1.44 bits per heavy atom. The van der Waals surface area contributed by atoms with E-state index < -0.39 is 31.1 Å². The van der Waals surface area contributed by atoms with E-state index in [9.17, 15) is 43.2 Å². The lowest BCUT2D eigenvalue weighted by Gasteiger charge is -2.22. The van der Waals surface area contributed by atoms with Gasteiger partial charge in [-0.2, -0.15) is 26.3 Å². The molecule has 0 aliphatic rings. The van der Waals surface area contributed by atoms with Gasteiger partial charge in [-0.15, -0.1) is 0 Å². The van der Waals surface area contributed by atoms with E-state index in [1.165, 1.54) is 31.6 Å². The molecule has 0 unspecified atom stereocenters. The molecule has 0 N–H and O–H groups in total. The summed E-state index contributed by atoms with van der Waals surface area (Å²) in [6, 6.07) is 0. The number of aromatic nitrogens is 2. The number of hydrogen-bond donors (Lipinski definition) is 0. The van der Waals surface area contributed by atoms with Crippen molar-refractivity contribution < 1.29 is 47.7 Å². The molecule has 0 radical (unpaired) electrons. The average molecular weight is 447 g/mol. The SMILES string of the molecule is CCCCCn1cc[n+](C)c1C.O=S(=O)([N-]S(=O)(=O)C(F)(F)F)C(F)(F)F. The Bertz CT molecular complexity index is 771. The third-order valence-corrected chi connectivity index (χ3v) is 5.92. The lowest BCUT2D eigenvalue weighted by atomic mass is 10.2. The highest BCUT2D eigenvalue weighted by atomic mass is 32.3. The van der Waals surface area contributed by atoms with E-state index in [0.29, 0.717) is 0 Å². The monoisotopic (exact) mass is 447 g/mol. The number of nitrogens with zero attached hydrogens (tertiary/aromatic N) is 3. The minimum atomic E-state index is -6.72. The van der Waals surface area contributed by atoms with E-state index in [0.717, 1.165) is 4.13 Å². The fraction of sp³-hybridized carbons (Fsp3) is 0.750. The van der Waals surface area contributed by atoms with Crippen LogP contribution in [0.25, 0.3) is 4.13 Å². The zero-order valence-electron chi connectivity index (χ0n) is 14.5. The summed E-state index contributed by atoms with van der Waals surface area (Å²) in [7, 11) is -11.4. The highest BCUT2D eigenvalue weighted by Crippen LogP contribution is 2.36. The summed E-state index contributed by atoms with van der Waals surface area (Å²) in [6.45, 7) is 5.56. The maximum absolute atomic E-state index is 11.4. The zero-order chi connectivity index (χ0) is 21.7. The standard InChI is InChI=1S/C10H19N2.C2F6NO4S2/c1-4-5-6-7-12-9-8-11(3)10(12)2;3-1(4,5)14(10,11)9-15(12,13)2(6,7)8/h8-9H,4-7H2,1-3H3;/q+1;-1. The van der Waals surface area contributed by atoms with Crippen molar-refractivity contribution >= 4 is 20.0 Å². The van der Waals surface area contributed by atoms with Gasteiger partial charge in [0.05, 0.1) is 13.6 Å². The Kier molecular flexibility index (Phi) is 8.77. The molecule has 0 atom stereocenters. The molecule has 7 nitrogen and oxygen atoms in total. The summed E-state index contributed by atoms with van der Waals surface area (Å²) in [5.74, 6) is 1.34. The third-order valence-electron chi connectivity index (χ3n) is 3.18. The van der Waals surface area contributed by atoms with Gasteiger partial charge in [-0.1, -0.05) is 13.3 Å². The van der Waals surface area contributed by atoms with Gasteiger partial charge in [-0.3, -0.25) is 0 Å². The summed E-state index contributed by atoms with van der Waals surface area (Å²) >= 11 is 0. The molecule has 0 saturated carbocycles. The largest absolute Gasteiger partial charge is 0.480 e. The fourth-order valence-corrected chi connectivity index (χ4v) is 3.29. The molecule has 0 bridgehead atoms. The normalized spacial score (nSPS) is 13.2. The van der Waals surface area contributed by atoms with Crippen molar-refractivity contribution in [3.63, 3.8) is 0 Å². The Morgan fingerprint density at radius 1 is 1.00 bits per heavy atom. The molecular weight excluding hydrogens is 428 g/mol. The summed E-state index contributed by atoms with van der Waals surface area (Å²) in [5.41, 5.74) is -12.4. The molecule has 0 fully saturated rings. The average Bonchev–Trinajstić information content (AvgIpc) is 2.77. The molecule has 0 saturated heterocycles. The number of imidazole rings is 1. The van der Waals surface area contributed by atoms with Crippen LogP contribution in [0.3, 0.4) is 0 Å². The van der Waals surface area contributed by atoms with Crippen molar-refractivity contribution in [2.45, 2.75) is 50.7 Å². The first kappa shape index (κ1) is 25.6. The van der Waals surface area contributed by atoms with E-state index in [-0.39, 0.29) is 0 Å². The molecule has 15 heteroatoms. The van der Waals surface area contributed by atoms with Gasteiger partial charge >= 0.3 is 11.0 Å². The molecular formula is C12H19F6N3O4S2. The van der Waals surface area contributed by atoms with Crippen LogP contribution in [0, 0.1) is 6.92 Å². The molecule has 1 aromatic rings. The second kappa shape index (κ2) is 9.23. The van der Waals surface area contributed by atoms with E-state index in [1.807, 2.05) is 0 Å². The minimum absolute atomic E-state index is 0.778.